The van der Waals surface area contributed by atoms with Crippen molar-refractivity contribution in [1.29, 1.82) is 0 Å². The van der Waals surface area contributed by atoms with E-state index in [2.05, 4.69) is 22.7 Å². The third-order valence-electron chi connectivity index (χ3n) is 5.36. The van der Waals surface area contributed by atoms with Gasteiger partial charge in [0.2, 0.25) is 5.96 Å². The fraction of sp³-hybridized carbons (Fsp3) is 0.320. The van der Waals surface area contributed by atoms with E-state index in [-0.39, 0.29) is 5.91 Å². The molecular weight excluding hydrogens is 400 g/mol. The zero-order chi connectivity index (χ0) is 23.3. The fourth-order valence-corrected chi connectivity index (χ4v) is 3.50. The Kier molecular flexibility index (Phi) is 7.30. The van der Waals surface area contributed by atoms with Crippen LogP contribution in [0.2, 0.25) is 0 Å². The van der Waals surface area contributed by atoms with Gasteiger partial charge in [-0.05, 0) is 63.6 Å². The number of aliphatic imine (C=N–C) groups is 1. The standard InChI is InChI=1S/C25H32N6O/c1-7-31-19(4)23(18(3)29-31)16-26-25(27-21-12-8-10-17(2)14-21)28-24(32)20-11-9-13-22(15-20)30(5)6/h8-15H,7,16H2,1-6H3,(H2,26,27,28,32). The molecule has 0 radical (unpaired) electrons. The zero-order valence-corrected chi connectivity index (χ0v) is 19.7. The van der Waals surface area contributed by atoms with E-state index in [0.717, 1.165) is 40.4 Å². The van der Waals surface area contributed by atoms with Gasteiger partial charge in [-0.3, -0.25) is 14.8 Å². The smallest absolute Gasteiger partial charge is 0.258 e. The van der Waals surface area contributed by atoms with Crippen molar-refractivity contribution in [1.82, 2.24) is 15.1 Å². The van der Waals surface area contributed by atoms with Crippen molar-refractivity contribution in [3.63, 3.8) is 0 Å². The number of hydrogen-bond acceptors (Lipinski definition) is 4. The number of guanidine groups is 1. The Morgan fingerprint density at radius 2 is 1.84 bits per heavy atom. The lowest BCUT2D eigenvalue weighted by atomic mass is 10.2. The van der Waals surface area contributed by atoms with Crippen molar-refractivity contribution < 1.29 is 4.79 Å². The molecule has 32 heavy (non-hydrogen) atoms. The lowest BCUT2D eigenvalue weighted by molar-refractivity contribution is 0.0977. The molecule has 3 rings (SSSR count). The number of amides is 1. The van der Waals surface area contributed by atoms with Crippen molar-refractivity contribution in [3.8, 4) is 0 Å². The average molecular weight is 433 g/mol. The maximum absolute atomic E-state index is 13.0. The Hall–Kier alpha value is -3.61. The maximum Gasteiger partial charge on any atom is 0.258 e. The van der Waals surface area contributed by atoms with Crippen LogP contribution < -0.4 is 15.5 Å². The monoisotopic (exact) mass is 432 g/mol. The Bertz CT molecular complexity index is 1130. The molecule has 0 saturated heterocycles. The van der Waals surface area contributed by atoms with Crippen LogP contribution in [0.25, 0.3) is 0 Å². The van der Waals surface area contributed by atoms with Crippen molar-refractivity contribution in [3.05, 3.63) is 76.6 Å². The molecule has 3 aromatic rings. The van der Waals surface area contributed by atoms with Crippen molar-refractivity contribution in [2.45, 2.75) is 40.8 Å². The van der Waals surface area contributed by atoms with E-state index in [0.29, 0.717) is 18.1 Å². The highest BCUT2D eigenvalue weighted by Crippen LogP contribution is 2.16. The first-order chi connectivity index (χ1) is 15.3. The number of aromatic nitrogens is 2. The molecule has 0 saturated carbocycles. The molecule has 168 valence electrons. The number of aryl methyl sites for hydroxylation is 3. The number of benzene rings is 2. The summed E-state index contributed by atoms with van der Waals surface area (Å²) in [7, 11) is 3.90. The molecular formula is C25H32N6O. The summed E-state index contributed by atoms with van der Waals surface area (Å²) in [4.78, 5) is 19.7. The maximum atomic E-state index is 13.0. The largest absolute Gasteiger partial charge is 0.378 e. The molecule has 0 aliphatic carbocycles. The van der Waals surface area contributed by atoms with Gasteiger partial charge < -0.3 is 10.2 Å². The van der Waals surface area contributed by atoms with Crippen LogP contribution in [-0.2, 0) is 13.1 Å². The molecule has 0 fully saturated rings. The molecule has 0 aliphatic heterocycles. The molecule has 7 heteroatoms. The quantitative estimate of drug-likeness (QED) is 0.450. The fourth-order valence-electron chi connectivity index (χ4n) is 3.50. The van der Waals surface area contributed by atoms with E-state index in [1.54, 1.807) is 6.07 Å². The van der Waals surface area contributed by atoms with Crippen LogP contribution in [0.5, 0.6) is 0 Å². The van der Waals surface area contributed by atoms with Gasteiger partial charge >= 0.3 is 0 Å². The Labute approximate surface area is 190 Å². The molecule has 0 spiro atoms. The minimum Gasteiger partial charge on any atom is -0.378 e. The third-order valence-corrected chi connectivity index (χ3v) is 5.36. The predicted molar refractivity (Wildman–Crippen MR) is 132 cm³/mol. The topological polar surface area (TPSA) is 74.5 Å². The van der Waals surface area contributed by atoms with Crippen molar-refractivity contribution in [2.24, 2.45) is 4.99 Å². The van der Waals surface area contributed by atoms with E-state index < -0.39 is 0 Å². The Balaban J connectivity index is 1.88. The number of rotatable bonds is 6. The SMILES string of the molecule is CCn1nc(C)c(CN=C(NC(=O)c2cccc(N(C)C)c2)Nc2cccc(C)c2)c1C. The first-order valence-electron chi connectivity index (χ1n) is 10.8. The normalized spacial score (nSPS) is 11.4. The highest BCUT2D eigenvalue weighted by Gasteiger charge is 2.13. The van der Waals surface area contributed by atoms with Gasteiger partial charge in [-0.15, -0.1) is 0 Å². The van der Waals surface area contributed by atoms with Crippen LogP contribution in [0.15, 0.2) is 53.5 Å². The van der Waals surface area contributed by atoms with Gasteiger partial charge in [-0.25, -0.2) is 4.99 Å². The Morgan fingerprint density at radius 1 is 1.09 bits per heavy atom. The Morgan fingerprint density at radius 3 is 2.50 bits per heavy atom. The summed E-state index contributed by atoms with van der Waals surface area (Å²) in [6.45, 7) is 9.36. The number of carbonyl (C=O) groups is 1. The molecule has 0 aliphatic rings. The van der Waals surface area contributed by atoms with Gasteiger partial charge in [0.05, 0.1) is 12.2 Å². The highest BCUT2D eigenvalue weighted by molar-refractivity contribution is 6.10. The van der Waals surface area contributed by atoms with E-state index in [1.807, 2.05) is 86.9 Å². The van der Waals surface area contributed by atoms with Gasteiger partial charge in [0.15, 0.2) is 0 Å². The first-order valence-corrected chi connectivity index (χ1v) is 10.8. The van der Waals surface area contributed by atoms with E-state index in [9.17, 15) is 4.79 Å². The van der Waals surface area contributed by atoms with Crippen LogP contribution >= 0.6 is 0 Å². The first kappa shape index (κ1) is 23.1. The van der Waals surface area contributed by atoms with E-state index >= 15 is 0 Å². The number of hydrogen-bond donors (Lipinski definition) is 2. The molecule has 0 bridgehead atoms. The second kappa shape index (κ2) is 10.1. The molecule has 7 nitrogen and oxygen atoms in total. The summed E-state index contributed by atoms with van der Waals surface area (Å²) in [5.41, 5.74) is 6.63. The van der Waals surface area contributed by atoms with Gasteiger partial charge in [-0.2, -0.15) is 5.10 Å². The van der Waals surface area contributed by atoms with Crippen molar-refractivity contribution in [2.75, 3.05) is 24.3 Å². The van der Waals surface area contributed by atoms with Gasteiger partial charge in [0, 0.05) is 48.8 Å². The predicted octanol–water partition coefficient (Wildman–Crippen LogP) is 4.29. The van der Waals surface area contributed by atoms with E-state index in [1.165, 1.54) is 0 Å². The second-order valence-electron chi connectivity index (χ2n) is 8.02. The summed E-state index contributed by atoms with van der Waals surface area (Å²) in [5.74, 6) is 0.184. The van der Waals surface area contributed by atoms with Crippen LogP contribution in [0.1, 0.15) is 39.8 Å². The molecule has 2 aromatic carbocycles. The van der Waals surface area contributed by atoms with Crippen LogP contribution in [0.4, 0.5) is 11.4 Å². The minimum absolute atomic E-state index is 0.217. The molecule has 1 heterocycles. The molecule has 1 amide bonds. The number of carbonyl (C=O) groups excluding carboxylic acids is 1. The third kappa shape index (κ3) is 5.55. The lowest BCUT2D eigenvalue weighted by Gasteiger charge is -2.15. The van der Waals surface area contributed by atoms with Crippen LogP contribution in [0, 0.1) is 20.8 Å². The summed E-state index contributed by atoms with van der Waals surface area (Å²) in [6.07, 6.45) is 0. The average Bonchev–Trinajstić information content (AvgIpc) is 3.04. The van der Waals surface area contributed by atoms with E-state index in [4.69, 9.17) is 4.99 Å². The highest BCUT2D eigenvalue weighted by atomic mass is 16.1. The summed E-state index contributed by atoms with van der Waals surface area (Å²) >= 11 is 0. The number of nitrogens with zero attached hydrogens (tertiary/aromatic N) is 4. The van der Waals surface area contributed by atoms with Crippen molar-refractivity contribution >= 4 is 23.2 Å². The lowest BCUT2D eigenvalue weighted by Crippen LogP contribution is -2.36. The van der Waals surface area contributed by atoms with Crippen LogP contribution in [0.3, 0.4) is 0 Å². The van der Waals surface area contributed by atoms with Gasteiger partial charge in [0.1, 0.15) is 0 Å². The zero-order valence-electron chi connectivity index (χ0n) is 19.7. The number of anilines is 2. The minimum atomic E-state index is -0.217. The van der Waals surface area contributed by atoms with Gasteiger partial charge in [-0.1, -0.05) is 18.2 Å². The molecule has 0 unspecified atom stereocenters. The van der Waals surface area contributed by atoms with Crippen LogP contribution in [-0.4, -0.2) is 35.7 Å². The number of nitrogens with one attached hydrogen (secondary N) is 2. The summed E-state index contributed by atoms with van der Waals surface area (Å²) < 4.78 is 1.97. The molecule has 0 atom stereocenters. The molecule has 1 aromatic heterocycles. The van der Waals surface area contributed by atoms with Gasteiger partial charge in [0.25, 0.3) is 5.91 Å². The molecule has 2 N–H and O–H groups in total. The summed E-state index contributed by atoms with van der Waals surface area (Å²) in [6, 6.07) is 15.5. The second-order valence-corrected chi connectivity index (χ2v) is 8.02. The summed E-state index contributed by atoms with van der Waals surface area (Å²) in [5, 5.41) is 10.8.